The summed E-state index contributed by atoms with van der Waals surface area (Å²) in [6.45, 7) is 0. The molecule has 4 heteroatoms. The Morgan fingerprint density at radius 3 is 0.733 bits per heavy atom. The van der Waals surface area contributed by atoms with Crippen LogP contribution in [0.15, 0.2) is 132 Å². The molecule has 0 saturated carbocycles. The molecule has 0 atom stereocenters. The standard InChI is InChI=1S/2C13H11NO/c2*15-14-13(11-7-3-1-4-8-11)12-9-5-2-6-10-12/h2*1-10,15H. The summed E-state index contributed by atoms with van der Waals surface area (Å²) in [5, 5.41) is 24.7. The molecule has 0 saturated heterocycles. The van der Waals surface area contributed by atoms with Crippen LogP contribution in [0, 0.1) is 0 Å². The predicted octanol–water partition coefficient (Wildman–Crippen LogP) is 5.83. The van der Waals surface area contributed by atoms with Gasteiger partial charge < -0.3 is 10.4 Å². The quantitative estimate of drug-likeness (QED) is 0.260. The molecular weight excluding hydrogens is 372 g/mol. The summed E-state index contributed by atoms with van der Waals surface area (Å²) in [5.41, 5.74) is 4.82. The van der Waals surface area contributed by atoms with E-state index in [0.717, 1.165) is 22.3 Å². The fourth-order valence-electron chi connectivity index (χ4n) is 2.95. The molecule has 4 rings (SSSR count). The van der Waals surface area contributed by atoms with Gasteiger partial charge in [0.05, 0.1) is 0 Å². The molecule has 0 unspecified atom stereocenters. The summed E-state index contributed by atoms with van der Waals surface area (Å²) in [7, 11) is 0. The van der Waals surface area contributed by atoms with Crippen molar-refractivity contribution in [3.63, 3.8) is 0 Å². The van der Waals surface area contributed by atoms with Crippen LogP contribution in [0.1, 0.15) is 22.3 Å². The van der Waals surface area contributed by atoms with Crippen molar-refractivity contribution >= 4 is 11.4 Å². The molecule has 4 aromatic rings. The van der Waals surface area contributed by atoms with Crippen molar-refractivity contribution in [1.82, 2.24) is 0 Å². The van der Waals surface area contributed by atoms with Crippen LogP contribution in [0.2, 0.25) is 0 Å². The van der Waals surface area contributed by atoms with E-state index in [4.69, 9.17) is 10.4 Å². The lowest BCUT2D eigenvalue weighted by molar-refractivity contribution is 0.319. The third kappa shape index (κ3) is 5.42. The van der Waals surface area contributed by atoms with Gasteiger partial charge in [0.1, 0.15) is 11.4 Å². The van der Waals surface area contributed by atoms with Crippen molar-refractivity contribution < 1.29 is 10.4 Å². The highest BCUT2D eigenvalue weighted by Gasteiger charge is 2.06. The van der Waals surface area contributed by atoms with Crippen molar-refractivity contribution in [3.05, 3.63) is 144 Å². The zero-order chi connectivity index (χ0) is 21.0. The lowest BCUT2D eigenvalue weighted by Crippen LogP contribution is -2.02. The number of hydrogen-bond acceptors (Lipinski definition) is 4. The van der Waals surface area contributed by atoms with Gasteiger partial charge in [-0.3, -0.25) is 0 Å². The summed E-state index contributed by atoms with van der Waals surface area (Å²) in [6.07, 6.45) is 0. The molecule has 0 fully saturated rings. The third-order valence-corrected chi connectivity index (χ3v) is 4.39. The van der Waals surface area contributed by atoms with Crippen LogP contribution in [-0.4, -0.2) is 21.8 Å². The second kappa shape index (κ2) is 11.0. The van der Waals surface area contributed by atoms with Crippen LogP contribution in [0.25, 0.3) is 0 Å². The second-order valence-electron chi connectivity index (χ2n) is 6.36. The van der Waals surface area contributed by atoms with Crippen LogP contribution >= 0.6 is 0 Å². The van der Waals surface area contributed by atoms with Crippen molar-refractivity contribution in [3.8, 4) is 0 Å². The minimum Gasteiger partial charge on any atom is -0.410 e. The Bertz CT molecular complexity index is 905. The van der Waals surface area contributed by atoms with E-state index >= 15 is 0 Å². The summed E-state index contributed by atoms with van der Waals surface area (Å²) < 4.78 is 0. The molecule has 0 radical (unpaired) electrons. The van der Waals surface area contributed by atoms with E-state index in [1.54, 1.807) is 0 Å². The molecule has 0 aliphatic rings. The van der Waals surface area contributed by atoms with Gasteiger partial charge in [-0.05, 0) is 0 Å². The molecule has 0 heterocycles. The van der Waals surface area contributed by atoms with E-state index in [-0.39, 0.29) is 0 Å². The Labute approximate surface area is 176 Å². The maximum absolute atomic E-state index is 9.02. The van der Waals surface area contributed by atoms with Gasteiger partial charge in [-0.1, -0.05) is 132 Å². The van der Waals surface area contributed by atoms with Gasteiger partial charge in [0.15, 0.2) is 0 Å². The Morgan fingerprint density at radius 1 is 0.367 bits per heavy atom. The fraction of sp³-hybridized carbons (Fsp3) is 0. The van der Waals surface area contributed by atoms with Gasteiger partial charge in [-0.15, -0.1) is 0 Å². The predicted molar refractivity (Wildman–Crippen MR) is 121 cm³/mol. The number of oxime groups is 2. The first-order chi connectivity index (χ1) is 14.8. The van der Waals surface area contributed by atoms with Crippen molar-refractivity contribution in [2.45, 2.75) is 0 Å². The molecule has 0 aliphatic heterocycles. The lowest BCUT2D eigenvalue weighted by Gasteiger charge is -2.03. The SMILES string of the molecule is ON=C(c1ccccc1)c1ccccc1.ON=C(c1ccccc1)c1ccccc1. The van der Waals surface area contributed by atoms with E-state index < -0.39 is 0 Å². The van der Waals surface area contributed by atoms with Crippen LogP contribution in [-0.2, 0) is 0 Å². The topological polar surface area (TPSA) is 65.2 Å². The van der Waals surface area contributed by atoms with Gasteiger partial charge >= 0.3 is 0 Å². The van der Waals surface area contributed by atoms with Crippen molar-refractivity contribution in [2.75, 3.05) is 0 Å². The van der Waals surface area contributed by atoms with E-state index in [1.807, 2.05) is 121 Å². The molecule has 2 N–H and O–H groups in total. The normalized spacial score (nSPS) is 9.60. The second-order valence-corrected chi connectivity index (χ2v) is 6.36. The monoisotopic (exact) mass is 394 g/mol. The molecule has 30 heavy (non-hydrogen) atoms. The van der Waals surface area contributed by atoms with Gasteiger partial charge in [0.25, 0.3) is 0 Å². The maximum Gasteiger partial charge on any atom is 0.117 e. The average Bonchev–Trinajstić information content (AvgIpc) is 2.83. The number of hydrogen-bond donors (Lipinski definition) is 2. The van der Waals surface area contributed by atoms with Crippen LogP contribution in [0.4, 0.5) is 0 Å². The summed E-state index contributed by atoms with van der Waals surface area (Å²) in [6, 6.07) is 38.4. The molecule has 0 bridgehead atoms. The smallest absolute Gasteiger partial charge is 0.117 e. The van der Waals surface area contributed by atoms with Gasteiger partial charge in [-0.2, -0.15) is 0 Å². The lowest BCUT2D eigenvalue weighted by atomic mass is 10.0. The first kappa shape index (κ1) is 20.6. The molecular formula is C26H22N2O2. The molecule has 4 nitrogen and oxygen atoms in total. The van der Waals surface area contributed by atoms with Crippen LogP contribution in [0.5, 0.6) is 0 Å². The summed E-state index contributed by atoms with van der Waals surface area (Å²) >= 11 is 0. The average molecular weight is 394 g/mol. The molecule has 4 aromatic carbocycles. The molecule has 0 amide bonds. The van der Waals surface area contributed by atoms with Crippen LogP contribution < -0.4 is 0 Å². The first-order valence-electron chi connectivity index (χ1n) is 9.49. The fourth-order valence-corrected chi connectivity index (χ4v) is 2.95. The first-order valence-corrected chi connectivity index (χ1v) is 9.49. The minimum absolute atomic E-state index is 0.594. The molecule has 0 aliphatic carbocycles. The highest BCUT2D eigenvalue weighted by Crippen LogP contribution is 2.11. The van der Waals surface area contributed by atoms with Crippen molar-refractivity contribution in [2.24, 2.45) is 10.3 Å². The van der Waals surface area contributed by atoms with Gasteiger partial charge in [0, 0.05) is 22.3 Å². The molecule has 148 valence electrons. The largest absolute Gasteiger partial charge is 0.410 e. The van der Waals surface area contributed by atoms with Crippen LogP contribution in [0.3, 0.4) is 0 Å². The van der Waals surface area contributed by atoms with Gasteiger partial charge in [0.2, 0.25) is 0 Å². The zero-order valence-corrected chi connectivity index (χ0v) is 16.3. The zero-order valence-electron chi connectivity index (χ0n) is 16.3. The Morgan fingerprint density at radius 2 is 0.567 bits per heavy atom. The van der Waals surface area contributed by atoms with E-state index in [0.29, 0.717) is 11.4 Å². The third-order valence-electron chi connectivity index (χ3n) is 4.39. The minimum atomic E-state index is 0.594. The van der Waals surface area contributed by atoms with E-state index in [2.05, 4.69) is 10.3 Å². The highest BCUT2D eigenvalue weighted by atomic mass is 16.4. The molecule has 0 aromatic heterocycles. The Balaban J connectivity index is 0.000000171. The highest BCUT2D eigenvalue weighted by molar-refractivity contribution is 6.13. The van der Waals surface area contributed by atoms with E-state index in [1.165, 1.54) is 0 Å². The Kier molecular flexibility index (Phi) is 7.52. The summed E-state index contributed by atoms with van der Waals surface area (Å²) in [4.78, 5) is 0. The maximum atomic E-state index is 9.02. The molecule has 0 spiro atoms. The summed E-state index contributed by atoms with van der Waals surface area (Å²) in [5.74, 6) is 0. The number of rotatable bonds is 4. The number of nitrogens with zero attached hydrogens (tertiary/aromatic N) is 2. The number of benzene rings is 4. The van der Waals surface area contributed by atoms with E-state index in [9.17, 15) is 0 Å². The van der Waals surface area contributed by atoms with Crippen molar-refractivity contribution in [1.29, 1.82) is 0 Å². The Hall–Kier alpha value is -4.18. The van der Waals surface area contributed by atoms with Gasteiger partial charge in [-0.25, -0.2) is 0 Å².